The first-order valence-corrected chi connectivity index (χ1v) is 7.74. The molecular formula is C18H18ClNO2. The molecule has 0 aromatic heterocycles. The predicted octanol–water partition coefficient (Wildman–Crippen LogP) is 4.41. The minimum absolute atomic E-state index is 0.00511. The largest absolute Gasteiger partial charge is 0.496 e. The number of hydrogen-bond acceptors (Lipinski definition) is 2. The second kappa shape index (κ2) is 6.01. The van der Waals surface area contributed by atoms with E-state index in [0.717, 1.165) is 36.3 Å². The van der Waals surface area contributed by atoms with Crippen molar-refractivity contribution < 1.29 is 9.53 Å². The number of nitrogens with one attached hydrogen (secondary N) is 1. The van der Waals surface area contributed by atoms with Crippen LogP contribution in [0.4, 0.5) is 5.69 Å². The van der Waals surface area contributed by atoms with E-state index in [2.05, 4.69) is 5.32 Å². The summed E-state index contributed by atoms with van der Waals surface area (Å²) >= 11 is 5.98. The number of para-hydroxylation sites is 1. The van der Waals surface area contributed by atoms with Crippen molar-refractivity contribution in [1.29, 1.82) is 0 Å². The number of amides is 1. The lowest BCUT2D eigenvalue weighted by Crippen LogP contribution is -2.46. The normalized spacial score (nSPS) is 15.7. The summed E-state index contributed by atoms with van der Waals surface area (Å²) in [7, 11) is 1.64. The summed E-state index contributed by atoms with van der Waals surface area (Å²) < 4.78 is 5.45. The molecule has 3 rings (SSSR count). The van der Waals surface area contributed by atoms with Crippen LogP contribution in [0.15, 0.2) is 48.5 Å². The van der Waals surface area contributed by atoms with E-state index in [9.17, 15) is 4.79 Å². The first-order chi connectivity index (χ1) is 10.7. The molecule has 1 aliphatic carbocycles. The van der Waals surface area contributed by atoms with Gasteiger partial charge in [0.2, 0.25) is 5.91 Å². The van der Waals surface area contributed by atoms with E-state index < -0.39 is 5.41 Å². The highest BCUT2D eigenvalue weighted by molar-refractivity contribution is 6.30. The van der Waals surface area contributed by atoms with Crippen molar-refractivity contribution in [3.05, 3.63) is 59.1 Å². The van der Waals surface area contributed by atoms with Crippen LogP contribution in [-0.2, 0) is 10.2 Å². The maximum Gasteiger partial charge on any atom is 0.235 e. The quantitative estimate of drug-likeness (QED) is 0.907. The Morgan fingerprint density at radius 2 is 1.95 bits per heavy atom. The Bertz CT molecular complexity index is 695. The van der Waals surface area contributed by atoms with Crippen molar-refractivity contribution in [2.24, 2.45) is 0 Å². The highest BCUT2D eigenvalue weighted by Gasteiger charge is 2.47. The molecule has 1 fully saturated rings. The topological polar surface area (TPSA) is 38.3 Å². The summed E-state index contributed by atoms with van der Waals surface area (Å²) in [5.41, 5.74) is 1.18. The third kappa shape index (κ3) is 2.57. The molecule has 2 aromatic carbocycles. The smallest absolute Gasteiger partial charge is 0.235 e. The van der Waals surface area contributed by atoms with Gasteiger partial charge in [0.25, 0.3) is 0 Å². The molecule has 0 unspecified atom stereocenters. The SMILES string of the molecule is COc1ccccc1C1(C(=O)Nc2cccc(Cl)c2)CCC1. The minimum Gasteiger partial charge on any atom is -0.496 e. The summed E-state index contributed by atoms with van der Waals surface area (Å²) in [6.45, 7) is 0. The Balaban J connectivity index is 1.91. The Morgan fingerprint density at radius 1 is 1.18 bits per heavy atom. The molecule has 1 aliphatic rings. The van der Waals surface area contributed by atoms with Gasteiger partial charge in [0.15, 0.2) is 0 Å². The van der Waals surface area contributed by atoms with Gasteiger partial charge in [0.05, 0.1) is 12.5 Å². The maximum atomic E-state index is 12.9. The van der Waals surface area contributed by atoms with Crippen LogP contribution in [0.1, 0.15) is 24.8 Å². The van der Waals surface area contributed by atoms with Crippen LogP contribution in [0.5, 0.6) is 5.75 Å². The Kier molecular flexibility index (Phi) is 4.08. The van der Waals surface area contributed by atoms with Gasteiger partial charge in [0, 0.05) is 16.3 Å². The molecular weight excluding hydrogens is 298 g/mol. The Morgan fingerprint density at radius 3 is 2.59 bits per heavy atom. The van der Waals surface area contributed by atoms with E-state index in [1.165, 1.54) is 0 Å². The fourth-order valence-electron chi connectivity index (χ4n) is 3.01. The molecule has 0 spiro atoms. The fraction of sp³-hybridized carbons (Fsp3) is 0.278. The average molecular weight is 316 g/mol. The average Bonchev–Trinajstić information content (AvgIpc) is 2.46. The number of benzene rings is 2. The molecule has 1 amide bonds. The van der Waals surface area contributed by atoms with E-state index in [1.54, 1.807) is 19.2 Å². The molecule has 2 aromatic rings. The second-order valence-electron chi connectivity index (χ2n) is 5.60. The van der Waals surface area contributed by atoms with Crippen LogP contribution in [-0.4, -0.2) is 13.0 Å². The summed E-state index contributed by atoms with van der Waals surface area (Å²) in [5.74, 6) is 0.772. The zero-order valence-electron chi connectivity index (χ0n) is 12.4. The van der Waals surface area contributed by atoms with Crippen LogP contribution in [0, 0.1) is 0 Å². The number of halogens is 1. The van der Waals surface area contributed by atoms with Crippen LogP contribution in [0.2, 0.25) is 5.02 Å². The lowest BCUT2D eigenvalue weighted by atomic mass is 9.63. The number of methoxy groups -OCH3 is 1. The number of anilines is 1. The van der Waals surface area contributed by atoms with Gasteiger partial charge in [-0.3, -0.25) is 4.79 Å². The van der Waals surface area contributed by atoms with E-state index >= 15 is 0 Å². The van der Waals surface area contributed by atoms with E-state index in [-0.39, 0.29) is 5.91 Å². The van der Waals surface area contributed by atoms with Crippen LogP contribution in [0.25, 0.3) is 0 Å². The third-order valence-electron chi connectivity index (χ3n) is 4.35. The second-order valence-corrected chi connectivity index (χ2v) is 6.04. The van der Waals surface area contributed by atoms with E-state index in [1.807, 2.05) is 36.4 Å². The zero-order valence-corrected chi connectivity index (χ0v) is 13.2. The highest BCUT2D eigenvalue weighted by atomic mass is 35.5. The first kappa shape index (κ1) is 14.9. The van der Waals surface area contributed by atoms with Crippen molar-refractivity contribution in [3.8, 4) is 5.75 Å². The lowest BCUT2D eigenvalue weighted by molar-refractivity contribution is -0.124. The maximum absolute atomic E-state index is 12.9. The Labute approximate surface area is 135 Å². The first-order valence-electron chi connectivity index (χ1n) is 7.36. The molecule has 0 saturated heterocycles. The monoisotopic (exact) mass is 315 g/mol. The van der Waals surface area contributed by atoms with E-state index in [4.69, 9.17) is 16.3 Å². The standard InChI is InChI=1S/C18H18ClNO2/c1-22-16-9-3-2-8-15(16)18(10-5-11-18)17(21)20-14-7-4-6-13(19)12-14/h2-4,6-9,12H,5,10-11H2,1H3,(H,20,21). The molecule has 0 atom stereocenters. The third-order valence-corrected chi connectivity index (χ3v) is 4.58. The molecule has 4 heteroatoms. The molecule has 1 N–H and O–H groups in total. The number of ether oxygens (including phenoxy) is 1. The fourth-order valence-corrected chi connectivity index (χ4v) is 3.20. The van der Waals surface area contributed by atoms with Gasteiger partial charge in [-0.25, -0.2) is 0 Å². The minimum atomic E-state index is -0.505. The van der Waals surface area contributed by atoms with Crippen molar-refractivity contribution in [1.82, 2.24) is 0 Å². The highest BCUT2D eigenvalue weighted by Crippen LogP contribution is 2.47. The van der Waals surface area contributed by atoms with Crippen LogP contribution in [0.3, 0.4) is 0 Å². The molecule has 0 radical (unpaired) electrons. The molecule has 114 valence electrons. The van der Waals surface area contributed by atoms with Gasteiger partial charge in [-0.15, -0.1) is 0 Å². The van der Waals surface area contributed by atoms with Crippen molar-refractivity contribution in [2.75, 3.05) is 12.4 Å². The van der Waals surface area contributed by atoms with Gasteiger partial charge in [0.1, 0.15) is 5.75 Å². The van der Waals surface area contributed by atoms with Crippen molar-refractivity contribution in [3.63, 3.8) is 0 Å². The summed E-state index contributed by atoms with van der Waals surface area (Å²) in [6.07, 6.45) is 2.71. The zero-order chi connectivity index (χ0) is 15.6. The number of carbonyl (C=O) groups is 1. The molecule has 0 aliphatic heterocycles. The van der Waals surface area contributed by atoms with Crippen molar-refractivity contribution >= 4 is 23.2 Å². The summed E-state index contributed by atoms with van der Waals surface area (Å²) in [6, 6.07) is 15.0. The van der Waals surface area contributed by atoms with Crippen LogP contribution >= 0.6 is 11.6 Å². The van der Waals surface area contributed by atoms with Gasteiger partial charge >= 0.3 is 0 Å². The van der Waals surface area contributed by atoms with Gasteiger partial charge in [-0.05, 0) is 37.1 Å². The molecule has 3 nitrogen and oxygen atoms in total. The van der Waals surface area contributed by atoms with Crippen LogP contribution < -0.4 is 10.1 Å². The molecule has 1 saturated carbocycles. The summed E-state index contributed by atoms with van der Waals surface area (Å²) in [5, 5.41) is 3.61. The molecule has 22 heavy (non-hydrogen) atoms. The van der Waals surface area contributed by atoms with Gasteiger partial charge < -0.3 is 10.1 Å². The number of hydrogen-bond donors (Lipinski definition) is 1. The molecule has 0 bridgehead atoms. The molecule has 0 heterocycles. The Hall–Kier alpha value is -2.00. The van der Waals surface area contributed by atoms with Gasteiger partial charge in [-0.2, -0.15) is 0 Å². The number of carbonyl (C=O) groups excluding carboxylic acids is 1. The van der Waals surface area contributed by atoms with Gasteiger partial charge in [-0.1, -0.05) is 42.3 Å². The number of rotatable bonds is 4. The predicted molar refractivity (Wildman–Crippen MR) is 88.6 cm³/mol. The lowest BCUT2D eigenvalue weighted by Gasteiger charge is -2.41. The summed E-state index contributed by atoms with van der Waals surface area (Å²) in [4.78, 5) is 12.9. The van der Waals surface area contributed by atoms with Crippen molar-refractivity contribution in [2.45, 2.75) is 24.7 Å². The van der Waals surface area contributed by atoms with E-state index in [0.29, 0.717) is 5.02 Å².